The molecule has 0 saturated heterocycles. The summed E-state index contributed by atoms with van der Waals surface area (Å²) in [4.78, 5) is 5.31. The molecule has 35 heavy (non-hydrogen) atoms. The fraction of sp³-hybridized carbons (Fsp3) is 0.121. The molecule has 7 aromatic rings. The fourth-order valence-corrected chi connectivity index (χ4v) is 5.89. The number of hydrogen-bond donors (Lipinski definition) is 0. The van der Waals surface area contributed by atoms with Crippen molar-refractivity contribution in [2.75, 3.05) is 0 Å². The van der Waals surface area contributed by atoms with Crippen LogP contribution in [-0.2, 0) is 12.8 Å². The zero-order valence-corrected chi connectivity index (χ0v) is 20.0. The zero-order valence-electron chi connectivity index (χ0n) is 20.0. The molecule has 2 heteroatoms. The van der Waals surface area contributed by atoms with Crippen molar-refractivity contribution in [3.63, 3.8) is 0 Å². The number of hydrogen-bond acceptors (Lipinski definition) is 1. The molecule has 2 nitrogen and oxygen atoms in total. The summed E-state index contributed by atoms with van der Waals surface area (Å²) < 4.78 is 2.34. The average molecular weight is 451 g/mol. The summed E-state index contributed by atoms with van der Waals surface area (Å²) >= 11 is 0. The summed E-state index contributed by atoms with van der Waals surface area (Å²) in [5.74, 6) is 0. The molecule has 0 aliphatic heterocycles. The van der Waals surface area contributed by atoms with Crippen LogP contribution in [0, 0.1) is 0 Å². The van der Waals surface area contributed by atoms with E-state index in [-0.39, 0.29) is 0 Å². The lowest BCUT2D eigenvalue weighted by Gasteiger charge is -2.12. The first-order valence-electron chi connectivity index (χ1n) is 12.5. The van der Waals surface area contributed by atoms with Crippen LogP contribution in [0.15, 0.2) is 97.2 Å². The second-order valence-electron chi connectivity index (χ2n) is 9.37. The predicted octanol–water partition coefficient (Wildman–Crippen LogP) is 8.74. The van der Waals surface area contributed by atoms with Crippen molar-refractivity contribution in [3.05, 3.63) is 108 Å². The molecule has 168 valence electrons. The second-order valence-corrected chi connectivity index (χ2v) is 9.37. The molecule has 0 fully saturated rings. The molecule has 0 radical (unpaired) electrons. The maximum Gasteiger partial charge on any atom is 0.145 e. The lowest BCUT2D eigenvalue weighted by Crippen LogP contribution is -1.94. The Kier molecular flexibility index (Phi) is 4.44. The quantitative estimate of drug-likeness (QED) is 0.246. The Morgan fingerprint density at radius 2 is 1.17 bits per heavy atom. The fourth-order valence-electron chi connectivity index (χ4n) is 5.89. The van der Waals surface area contributed by atoms with E-state index in [1.54, 1.807) is 0 Å². The minimum atomic E-state index is 0.994. The molecule has 0 unspecified atom stereocenters. The summed E-state index contributed by atoms with van der Waals surface area (Å²) in [5, 5.41) is 8.82. The van der Waals surface area contributed by atoms with E-state index in [4.69, 9.17) is 4.98 Å². The summed E-state index contributed by atoms with van der Waals surface area (Å²) in [7, 11) is 0. The molecule has 0 amide bonds. The van der Waals surface area contributed by atoms with Crippen LogP contribution in [0.25, 0.3) is 60.1 Å². The van der Waals surface area contributed by atoms with Crippen molar-refractivity contribution in [3.8, 4) is 11.3 Å². The Hall–Kier alpha value is -4.17. The highest BCUT2D eigenvalue weighted by molar-refractivity contribution is 6.23. The van der Waals surface area contributed by atoms with Gasteiger partial charge in [0.2, 0.25) is 0 Å². The van der Waals surface area contributed by atoms with E-state index < -0.39 is 0 Å². The Labute approximate surface area is 204 Å². The number of aromatic nitrogens is 2. The van der Waals surface area contributed by atoms with Gasteiger partial charge in [-0.2, -0.15) is 0 Å². The van der Waals surface area contributed by atoms with Crippen LogP contribution in [0.1, 0.15) is 25.0 Å². The maximum atomic E-state index is 5.31. The number of fused-ring (bicyclic) bond motifs is 10. The normalized spacial score (nSPS) is 11.9. The van der Waals surface area contributed by atoms with Crippen LogP contribution >= 0.6 is 0 Å². The SMILES string of the molecule is CCc1cccc(CC)c1-c1cn2c(n1)c1ccccc1c1ccc3c4ccccc4ccc3c12. The number of imidazole rings is 1. The van der Waals surface area contributed by atoms with Gasteiger partial charge < -0.3 is 0 Å². The highest BCUT2D eigenvalue weighted by Crippen LogP contribution is 2.38. The van der Waals surface area contributed by atoms with Gasteiger partial charge in [-0.1, -0.05) is 105 Å². The van der Waals surface area contributed by atoms with Gasteiger partial charge in [0.15, 0.2) is 0 Å². The van der Waals surface area contributed by atoms with E-state index in [1.807, 2.05) is 0 Å². The number of pyridine rings is 1. The number of benzene rings is 5. The summed E-state index contributed by atoms with van der Waals surface area (Å²) in [6.45, 7) is 4.47. The zero-order chi connectivity index (χ0) is 23.5. The molecule has 0 N–H and O–H groups in total. The van der Waals surface area contributed by atoms with Crippen molar-refractivity contribution < 1.29 is 0 Å². The van der Waals surface area contributed by atoms with Crippen molar-refractivity contribution in [1.29, 1.82) is 0 Å². The van der Waals surface area contributed by atoms with Crippen LogP contribution in [-0.4, -0.2) is 9.38 Å². The Morgan fingerprint density at radius 3 is 1.91 bits per heavy atom. The van der Waals surface area contributed by atoms with Crippen molar-refractivity contribution in [1.82, 2.24) is 9.38 Å². The van der Waals surface area contributed by atoms with Crippen LogP contribution in [0.3, 0.4) is 0 Å². The van der Waals surface area contributed by atoms with E-state index >= 15 is 0 Å². The molecule has 0 spiro atoms. The van der Waals surface area contributed by atoms with E-state index in [2.05, 4.69) is 115 Å². The first-order valence-corrected chi connectivity index (χ1v) is 12.5. The molecular weight excluding hydrogens is 424 g/mol. The first-order chi connectivity index (χ1) is 17.3. The third-order valence-corrected chi connectivity index (χ3v) is 7.56. The monoisotopic (exact) mass is 450 g/mol. The highest BCUT2D eigenvalue weighted by atomic mass is 15.0. The molecule has 0 saturated carbocycles. The first kappa shape index (κ1) is 20.2. The van der Waals surface area contributed by atoms with E-state index in [0.29, 0.717) is 0 Å². The molecule has 0 bridgehead atoms. The van der Waals surface area contributed by atoms with Crippen LogP contribution in [0.4, 0.5) is 0 Å². The van der Waals surface area contributed by atoms with Gasteiger partial charge in [-0.05, 0) is 45.5 Å². The highest BCUT2D eigenvalue weighted by Gasteiger charge is 2.18. The third kappa shape index (κ3) is 2.86. The second kappa shape index (κ2) is 7.68. The maximum absolute atomic E-state index is 5.31. The summed E-state index contributed by atoms with van der Waals surface area (Å²) in [6.07, 6.45) is 4.26. The van der Waals surface area contributed by atoms with E-state index in [1.165, 1.54) is 59.9 Å². The van der Waals surface area contributed by atoms with Gasteiger partial charge in [0.25, 0.3) is 0 Å². The Morgan fingerprint density at radius 1 is 0.571 bits per heavy atom. The van der Waals surface area contributed by atoms with Gasteiger partial charge in [-0.25, -0.2) is 4.98 Å². The number of rotatable bonds is 3. The Balaban J connectivity index is 1.69. The van der Waals surface area contributed by atoms with Gasteiger partial charge in [0.05, 0.1) is 11.2 Å². The summed E-state index contributed by atoms with van der Waals surface area (Å²) in [6, 6.07) is 33.1. The molecular formula is C33H26N2. The van der Waals surface area contributed by atoms with Crippen molar-refractivity contribution >= 4 is 48.9 Å². The molecule has 0 atom stereocenters. The topological polar surface area (TPSA) is 17.3 Å². The molecule has 7 rings (SSSR count). The lowest BCUT2D eigenvalue weighted by molar-refractivity contribution is 1.09. The summed E-state index contributed by atoms with van der Waals surface area (Å²) in [5.41, 5.74) is 7.33. The molecule has 0 aliphatic rings. The van der Waals surface area contributed by atoms with Gasteiger partial charge in [0, 0.05) is 27.9 Å². The minimum absolute atomic E-state index is 0.994. The van der Waals surface area contributed by atoms with E-state index in [0.717, 1.165) is 24.2 Å². The smallest absolute Gasteiger partial charge is 0.145 e. The third-order valence-electron chi connectivity index (χ3n) is 7.56. The lowest BCUT2D eigenvalue weighted by atomic mass is 9.95. The van der Waals surface area contributed by atoms with Gasteiger partial charge in [-0.3, -0.25) is 4.40 Å². The molecule has 2 heterocycles. The van der Waals surface area contributed by atoms with Gasteiger partial charge >= 0.3 is 0 Å². The van der Waals surface area contributed by atoms with E-state index in [9.17, 15) is 0 Å². The van der Waals surface area contributed by atoms with Crippen molar-refractivity contribution in [2.24, 2.45) is 0 Å². The number of nitrogens with zero attached hydrogens (tertiary/aromatic N) is 2. The molecule has 5 aromatic carbocycles. The van der Waals surface area contributed by atoms with Crippen molar-refractivity contribution in [2.45, 2.75) is 26.7 Å². The predicted molar refractivity (Wildman–Crippen MR) is 149 cm³/mol. The Bertz CT molecular complexity index is 1900. The van der Waals surface area contributed by atoms with Crippen LogP contribution in [0.5, 0.6) is 0 Å². The molecule has 0 aliphatic carbocycles. The van der Waals surface area contributed by atoms with Crippen LogP contribution < -0.4 is 0 Å². The largest absolute Gasteiger partial charge is 0.298 e. The minimum Gasteiger partial charge on any atom is -0.298 e. The standard InChI is InChI=1S/C33H26N2/c1-3-21-11-9-12-22(4-2)31(21)30-20-35-32-27-17-16-23-10-5-6-13-24(23)26(27)18-19-28(32)25-14-7-8-15-29(25)33(35)34-30/h5-20H,3-4H2,1-2H3. The molecule has 2 aromatic heterocycles. The number of aryl methyl sites for hydroxylation is 2. The average Bonchev–Trinajstić information content (AvgIpc) is 3.37. The van der Waals surface area contributed by atoms with Gasteiger partial charge in [0.1, 0.15) is 5.65 Å². The van der Waals surface area contributed by atoms with Crippen LogP contribution in [0.2, 0.25) is 0 Å². The van der Waals surface area contributed by atoms with Gasteiger partial charge in [-0.15, -0.1) is 0 Å².